The van der Waals surface area contributed by atoms with Gasteiger partial charge in [0.2, 0.25) is 0 Å². The molecule has 6 heteroatoms. The van der Waals surface area contributed by atoms with Crippen LogP contribution in [0.1, 0.15) is 28.8 Å². The Morgan fingerprint density at radius 1 is 0.868 bits per heavy atom. The molecule has 1 fully saturated rings. The monoisotopic (exact) mass is 510 g/mol. The highest BCUT2D eigenvalue weighted by atomic mass is 19.1. The number of ether oxygens (including phenoxy) is 2. The molecule has 0 spiro atoms. The van der Waals surface area contributed by atoms with Crippen LogP contribution in [0.3, 0.4) is 0 Å². The number of hydrogen-bond donors (Lipinski definition) is 0. The van der Waals surface area contributed by atoms with Crippen LogP contribution in [0.15, 0.2) is 103 Å². The predicted octanol–water partition coefficient (Wildman–Crippen LogP) is 6.94. The summed E-state index contributed by atoms with van der Waals surface area (Å²) >= 11 is 0. The third kappa shape index (κ3) is 6.03. The van der Waals surface area contributed by atoms with Crippen LogP contribution < -0.4 is 14.4 Å². The van der Waals surface area contributed by atoms with Gasteiger partial charge in [0.25, 0.3) is 5.91 Å². The van der Waals surface area contributed by atoms with Gasteiger partial charge in [-0.1, -0.05) is 42.5 Å². The molecular weight excluding hydrogens is 479 g/mol. The minimum Gasteiger partial charge on any atom is -0.496 e. The van der Waals surface area contributed by atoms with Crippen molar-refractivity contribution in [1.82, 2.24) is 4.90 Å². The van der Waals surface area contributed by atoms with Gasteiger partial charge in [0.05, 0.1) is 12.7 Å². The highest BCUT2D eigenvalue weighted by Crippen LogP contribution is 2.30. The fraction of sp³-hybridized carbons (Fsp3) is 0.219. The number of piperidine rings is 1. The molecule has 0 saturated carbocycles. The number of para-hydroxylation sites is 2. The van der Waals surface area contributed by atoms with E-state index in [2.05, 4.69) is 17.0 Å². The lowest BCUT2D eigenvalue weighted by atomic mass is 10.00. The van der Waals surface area contributed by atoms with Crippen LogP contribution in [-0.2, 0) is 6.54 Å². The molecule has 1 saturated heterocycles. The second kappa shape index (κ2) is 11.9. The minimum absolute atomic E-state index is 0.0122. The number of rotatable bonds is 8. The molecule has 4 aromatic carbocycles. The Labute approximate surface area is 223 Å². The molecular formula is C32H31FN2O3. The second-order valence-electron chi connectivity index (χ2n) is 9.42. The maximum absolute atomic E-state index is 13.8. The van der Waals surface area contributed by atoms with Gasteiger partial charge in [-0.3, -0.25) is 9.69 Å². The van der Waals surface area contributed by atoms with E-state index in [0.29, 0.717) is 17.0 Å². The van der Waals surface area contributed by atoms with E-state index >= 15 is 0 Å². The minimum atomic E-state index is -0.327. The molecule has 0 aliphatic carbocycles. The van der Waals surface area contributed by atoms with Gasteiger partial charge >= 0.3 is 0 Å². The second-order valence-corrected chi connectivity index (χ2v) is 9.42. The van der Waals surface area contributed by atoms with Crippen molar-refractivity contribution in [2.75, 3.05) is 25.1 Å². The molecule has 4 aromatic rings. The van der Waals surface area contributed by atoms with E-state index in [1.54, 1.807) is 31.4 Å². The van der Waals surface area contributed by atoms with Crippen molar-refractivity contribution >= 4 is 11.6 Å². The van der Waals surface area contributed by atoms with Crippen molar-refractivity contribution in [3.05, 3.63) is 120 Å². The molecule has 0 radical (unpaired) electrons. The van der Waals surface area contributed by atoms with Crippen LogP contribution in [0.2, 0.25) is 0 Å². The molecule has 5 nitrogen and oxygen atoms in total. The van der Waals surface area contributed by atoms with Crippen molar-refractivity contribution in [3.8, 4) is 17.2 Å². The van der Waals surface area contributed by atoms with Crippen LogP contribution in [0.4, 0.5) is 10.1 Å². The lowest BCUT2D eigenvalue weighted by Gasteiger charge is -2.39. The van der Waals surface area contributed by atoms with E-state index < -0.39 is 0 Å². The number of likely N-dealkylation sites (tertiary alicyclic amines) is 1. The number of benzene rings is 4. The van der Waals surface area contributed by atoms with Gasteiger partial charge in [-0.15, -0.1) is 0 Å². The van der Waals surface area contributed by atoms with Gasteiger partial charge in [0.15, 0.2) is 0 Å². The summed E-state index contributed by atoms with van der Waals surface area (Å²) in [6.45, 7) is 2.48. The molecule has 1 amide bonds. The summed E-state index contributed by atoms with van der Waals surface area (Å²) in [6, 6.07) is 31.3. The largest absolute Gasteiger partial charge is 0.496 e. The molecule has 0 unspecified atom stereocenters. The van der Waals surface area contributed by atoms with E-state index in [9.17, 15) is 9.18 Å². The Morgan fingerprint density at radius 3 is 2.29 bits per heavy atom. The summed E-state index contributed by atoms with van der Waals surface area (Å²) in [5.74, 6) is 1.68. The fourth-order valence-corrected chi connectivity index (χ4v) is 4.97. The summed E-state index contributed by atoms with van der Waals surface area (Å²) in [4.78, 5) is 18.0. The zero-order valence-electron chi connectivity index (χ0n) is 21.4. The average Bonchev–Trinajstić information content (AvgIpc) is 2.96. The van der Waals surface area contributed by atoms with Crippen molar-refractivity contribution in [3.63, 3.8) is 0 Å². The maximum Gasteiger partial charge on any atom is 0.262 e. The number of hydrogen-bond acceptors (Lipinski definition) is 4. The summed E-state index contributed by atoms with van der Waals surface area (Å²) in [6.07, 6.45) is 1.61. The normalized spacial score (nSPS) is 14.2. The number of amides is 1. The van der Waals surface area contributed by atoms with Gasteiger partial charge in [-0.25, -0.2) is 4.39 Å². The first-order valence-electron chi connectivity index (χ1n) is 12.9. The first kappa shape index (κ1) is 25.5. The topological polar surface area (TPSA) is 42.0 Å². The number of halogens is 1. The maximum atomic E-state index is 13.8. The van der Waals surface area contributed by atoms with Crippen molar-refractivity contribution in [2.24, 2.45) is 0 Å². The fourth-order valence-electron chi connectivity index (χ4n) is 4.97. The number of methoxy groups -OCH3 is 1. The van der Waals surface area contributed by atoms with Gasteiger partial charge in [-0.2, -0.15) is 0 Å². The molecule has 0 N–H and O–H groups in total. The van der Waals surface area contributed by atoms with E-state index in [4.69, 9.17) is 9.47 Å². The predicted molar refractivity (Wildman–Crippen MR) is 147 cm³/mol. The molecule has 0 aromatic heterocycles. The molecule has 5 rings (SSSR count). The first-order chi connectivity index (χ1) is 18.6. The molecule has 194 valence electrons. The van der Waals surface area contributed by atoms with E-state index in [0.717, 1.165) is 44.0 Å². The summed E-state index contributed by atoms with van der Waals surface area (Å²) in [7, 11) is 1.56. The van der Waals surface area contributed by atoms with E-state index in [1.807, 2.05) is 59.5 Å². The summed E-state index contributed by atoms with van der Waals surface area (Å²) in [5, 5.41) is 0. The molecule has 38 heavy (non-hydrogen) atoms. The standard InChI is InChI=1S/C32H31FN2O3/c1-37-31-13-6-5-12-30(31)32(36)35(26-16-14-25(33)15-17-26)27-18-20-34(21-19-27)23-24-8-7-11-29(22-24)38-28-9-3-2-4-10-28/h2-17,22,27H,18-21,23H2,1H3. The van der Waals surface area contributed by atoms with Crippen LogP contribution in [0.25, 0.3) is 0 Å². The van der Waals surface area contributed by atoms with Gasteiger partial charge in [0.1, 0.15) is 23.1 Å². The Hall–Kier alpha value is -4.16. The quantitative estimate of drug-likeness (QED) is 0.258. The SMILES string of the molecule is COc1ccccc1C(=O)N(c1ccc(F)cc1)C1CCN(Cc2cccc(Oc3ccccc3)c2)CC1. The Morgan fingerprint density at radius 2 is 1.55 bits per heavy atom. The van der Waals surface area contributed by atoms with Gasteiger partial charge in [-0.05, 0) is 79.1 Å². The molecule has 1 heterocycles. The van der Waals surface area contributed by atoms with Crippen LogP contribution in [-0.4, -0.2) is 37.0 Å². The smallest absolute Gasteiger partial charge is 0.262 e. The van der Waals surface area contributed by atoms with Crippen molar-refractivity contribution < 1.29 is 18.7 Å². The Kier molecular flexibility index (Phi) is 8.00. The third-order valence-corrected chi connectivity index (χ3v) is 6.87. The number of carbonyl (C=O) groups excluding carboxylic acids is 1. The third-order valence-electron chi connectivity index (χ3n) is 6.87. The Bertz CT molecular complexity index is 1350. The number of carbonyl (C=O) groups is 1. The Balaban J connectivity index is 1.29. The lowest BCUT2D eigenvalue weighted by molar-refractivity contribution is 0.0955. The van der Waals surface area contributed by atoms with Crippen molar-refractivity contribution in [1.29, 1.82) is 0 Å². The zero-order chi connectivity index (χ0) is 26.3. The first-order valence-corrected chi connectivity index (χ1v) is 12.9. The highest BCUT2D eigenvalue weighted by Gasteiger charge is 2.31. The van der Waals surface area contributed by atoms with Crippen LogP contribution in [0.5, 0.6) is 17.2 Å². The average molecular weight is 511 g/mol. The molecule has 0 atom stereocenters. The lowest BCUT2D eigenvalue weighted by Crippen LogP contribution is -2.47. The van der Waals surface area contributed by atoms with Crippen molar-refractivity contribution in [2.45, 2.75) is 25.4 Å². The molecule has 1 aliphatic rings. The van der Waals surface area contributed by atoms with Crippen LogP contribution in [0, 0.1) is 5.82 Å². The highest BCUT2D eigenvalue weighted by molar-refractivity contribution is 6.08. The van der Waals surface area contributed by atoms with E-state index in [1.165, 1.54) is 17.7 Å². The van der Waals surface area contributed by atoms with Gasteiger partial charge < -0.3 is 14.4 Å². The summed E-state index contributed by atoms with van der Waals surface area (Å²) < 4.78 is 25.2. The molecule has 1 aliphatic heterocycles. The van der Waals surface area contributed by atoms with E-state index in [-0.39, 0.29) is 17.8 Å². The number of anilines is 1. The zero-order valence-corrected chi connectivity index (χ0v) is 21.4. The summed E-state index contributed by atoms with van der Waals surface area (Å²) in [5.41, 5.74) is 2.36. The van der Waals surface area contributed by atoms with Gasteiger partial charge in [0, 0.05) is 31.4 Å². The van der Waals surface area contributed by atoms with Crippen LogP contribution >= 0.6 is 0 Å². The number of nitrogens with zero attached hydrogens (tertiary/aromatic N) is 2. The molecule has 0 bridgehead atoms.